The van der Waals surface area contributed by atoms with Gasteiger partial charge in [0.25, 0.3) is 0 Å². The summed E-state index contributed by atoms with van der Waals surface area (Å²) in [5.41, 5.74) is 6.60. The average Bonchev–Trinajstić information content (AvgIpc) is 3.07. The fraction of sp³-hybridized carbons (Fsp3) is 0.512. The van der Waals surface area contributed by atoms with E-state index in [1.807, 2.05) is 0 Å². The minimum atomic E-state index is -0.536. The van der Waals surface area contributed by atoms with Gasteiger partial charge in [0.05, 0.1) is 6.61 Å². The number of ether oxygens (including phenoxy) is 1. The molecule has 3 N–H and O–H groups in total. The number of phenolic OH excluding ortho intramolecular Hbond substituents is 3. The molecule has 266 valence electrons. The molecule has 2 aliphatic heterocycles. The third kappa shape index (κ3) is 11.0. The van der Waals surface area contributed by atoms with E-state index in [0.29, 0.717) is 17.9 Å². The number of phenols is 3. The van der Waals surface area contributed by atoms with E-state index in [4.69, 9.17) is 4.74 Å². The van der Waals surface area contributed by atoms with Gasteiger partial charge in [-0.25, -0.2) is 9.36 Å². The van der Waals surface area contributed by atoms with Crippen LogP contribution in [0, 0.1) is 6.92 Å². The van der Waals surface area contributed by atoms with Crippen molar-refractivity contribution < 1.29 is 46.4 Å². The molecular weight excluding hydrogens is 680 g/mol. The van der Waals surface area contributed by atoms with Crippen molar-refractivity contribution in [1.29, 1.82) is 0 Å². The van der Waals surface area contributed by atoms with E-state index in [2.05, 4.69) is 52.2 Å². The zero-order chi connectivity index (χ0) is 33.7. The van der Waals surface area contributed by atoms with E-state index in [0.717, 1.165) is 80.9 Å². The molecule has 0 atom stereocenters. The number of hydrogen-bond acceptors (Lipinski definition) is 6. The molecule has 7 nitrogen and oxygen atoms in total. The number of esters is 1. The Bertz CT molecular complexity index is 1510. The van der Waals surface area contributed by atoms with E-state index in [-0.39, 0.29) is 34.0 Å². The van der Waals surface area contributed by atoms with Crippen LogP contribution in [0.1, 0.15) is 128 Å². The Hall–Kier alpha value is -3.52. The lowest BCUT2D eigenvalue weighted by Gasteiger charge is -2.37. The standard InChI is InChI=1S/C41H54N2O5.BrH/c1-31-28-35(44)30-37(45)38(31)41(47)48-27-13-11-9-7-5-3-2-4-6-8-10-12-22-42-25-20-32(21-26-42)18-19-34-29-33-16-14-23-43-24-15-17-36(39(33)43)40(34)46;/h18-21,25-26,28-30H,2-17,22-24,27H2,1H3,(H2,44,45,47);1H. The van der Waals surface area contributed by atoms with Crippen LogP contribution in [0.3, 0.4) is 0 Å². The van der Waals surface area contributed by atoms with Crippen LogP contribution < -0.4 is 26.4 Å². The van der Waals surface area contributed by atoms with Crippen LogP contribution in [0.5, 0.6) is 17.2 Å². The number of rotatable bonds is 18. The summed E-state index contributed by atoms with van der Waals surface area (Å²) in [6, 6.07) is 9.15. The first-order chi connectivity index (χ1) is 23.4. The Morgan fingerprint density at radius 1 is 0.816 bits per heavy atom. The van der Waals surface area contributed by atoms with Crippen molar-refractivity contribution >= 4 is 23.8 Å². The summed E-state index contributed by atoms with van der Waals surface area (Å²) in [7, 11) is 0. The van der Waals surface area contributed by atoms with Gasteiger partial charge in [0.1, 0.15) is 29.4 Å². The SMILES string of the molecule is Cc1cc(O)cc(O)c1C(=O)OCCCCCCCCCCCCCC[n+]1ccc(/C=C/c2cc3c4c(c2O)CCCN4CCC3)cc1.[Br-]. The van der Waals surface area contributed by atoms with Gasteiger partial charge >= 0.3 is 5.97 Å². The molecule has 2 aromatic carbocycles. The van der Waals surface area contributed by atoms with Crippen molar-refractivity contribution in [1.82, 2.24) is 0 Å². The second-order valence-electron chi connectivity index (χ2n) is 13.7. The average molecular weight is 736 g/mol. The monoisotopic (exact) mass is 734 g/mol. The number of pyridine rings is 1. The van der Waals surface area contributed by atoms with Crippen LogP contribution in [0.4, 0.5) is 5.69 Å². The van der Waals surface area contributed by atoms with Gasteiger partial charge in [0.15, 0.2) is 12.4 Å². The highest BCUT2D eigenvalue weighted by Gasteiger charge is 2.27. The topological polar surface area (TPSA) is 94.1 Å². The Kier molecular flexibility index (Phi) is 15.3. The Labute approximate surface area is 303 Å². The fourth-order valence-electron chi connectivity index (χ4n) is 7.33. The molecule has 0 fully saturated rings. The molecule has 8 heteroatoms. The highest BCUT2D eigenvalue weighted by Crippen LogP contribution is 2.42. The molecule has 5 rings (SSSR count). The number of carbonyl (C=O) groups excluding carboxylic acids is 1. The largest absolute Gasteiger partial charge is 1.00 e. The lowest BCUT2D eigenvalue weighted by Crippen LogP contribution is -3.00. The molecule has 49 heavy (non-hydrogen) atoms. The quantitative estimate of drug-likeness (QED) is 0.0868. The lowest BCUT2D eigenvalue weighted by molar-refractivity contribution is -0.697. The maximum absolute atomic E-state index is 12.2. The second-order valence-corrected chi connectivity index (χ2v) is 13.7. The summed E-state index contributed by atoms with van der Waals surface area (Å²) in [5.74, 6) is -0.374. The van der Waals surface area contributed by atoms with Gasteiger partial charge in [-0.1, -0.05) is 69.9 Å². The molecule has 0 spiro atoms. The summed E-state index contributed by atoms with van der Waals surface area (Å²) >= 11 is 0. The minimum Gasteiger partial charge on any atom is -1.00 e. The predicted molar refractivity (Wildman–Crippen MR) is 193 cm³/mol. The molecule has 0 saturated carbocycles. The van der Waals surface area contributed by atoms with Crippen molar-refractivity contribution in [3.05, 3.63) is 76.1 Å². The van der Waals surface area contributed by atoms with Gasteiger partial charge in [0, 0.05) is 54.5 Å². The van der Waals surface area contributed by atoms with Gasteiger partial charge in [0.2, 0.25) is 0 Å². The number of unbranched alkanes of at least 4 members (excludes halogenated alkanes) is 11. The van der Waals surface area contributed by atoms with Crippen molar-refractivity contribution in [2.45, 2.75) is 116 Å². The predicted octanol–water partition coefficient (Wildman–Crippen LogP) is 5.81. The maximum atomic E-state index is 12.2. The van der Waals surface area contributed by atoms with Gasteiger partial charge < -0.3 is 41.9 Å². The first-order valence-corrected chi connectivity index (χ1v) is 18.4. The minimum absolute atomic E-state index is 0. The van der Waals surface area contributed by atoms with E-state index in [9.17, 15) is 20.1 Å². The van der Waals surface area contributed by atoms with Crippen LogP contribution in [0.2, 0.25) is 0 Å². The molecule has 3 aromatic rings. The third-order valence-electron chi connectivity index (χ3n) is 9.94. The third-order valence-corrected chi connectivity index (χ3v) is 9.94. The molecule has 2 aliphatic rings. The van der Waals surface area contributed by atoms with Gasteiger partial charge in [-0.05, 0) is 74.3 Å². The summed E-state index contributed by atoms with van der Waals surface area (Å²) < 4.78 is 7.59. The number of halogens is 1. The summed E-state index contributed by atoms with van der Waals surface area (Å²) in [6.45, 7) is 5.30. The summed E-state index contributed by atoms with van der Waals surface area (Å²) in [5, 5.41) is 30.5. The Morgan fingerprint density at radius 2 is 1.43 bits per heavy atom. The molecular formula is C41H55BrN2O5. The number of aryl methyl sites for hydroxylation is 3. The number of aromatic hydroxyl groups is 3. The van der Waals surface area contributed by atoms with Crippen molar-refractivity contribution in [3.63, 3.8) is 0 Å². The fourth-order valence-corrected chi connectivity index (χ4v) is 7.33. The van der Waals surface area contributed by atoms with Crippen LogP contribution >= 0.6 is 0 Å². The van der Waals surface area contributed by atoms with E-state index >= 15 is 0 Å². The van der Waals surface area contributed by atoms with Gasteiger partial charge in [-0.3, -0.25) is 0 Å². The number of nitrogens with zero attached hydrogens (tertiary/aromatic N) is 2. The zero-order valence-electron chi connectivity index (χ0n) is 29.3. The smallest absolute Gasteiger partial charge is 0.342 e. The summed E-state index contributed by atoms with van der Waals surface area (Å²) in [6.07, 6.45) is 27.4. The zero-order valence-corrected chi connectivity index (χ0v) is 30.9. The van der Waals surface area contributed by atoms with Crippen molar-refractivity contribution in [2.24, 2.45) is 0 Å². The van der Waals surface area contributed by atoms with Crippen LogP contribution in [0.25, 0.3) is 12.2 Å². The first-order valence-electron chi connectivity index (χ1n) is 18.4. The van der Waals surface area contributed by atoms with Crippen LogP contribution in [-0.2, 0) is 24.1 Å². The number of hydrogen-bond donors (Lipinski definition) is 3. The van der Waals surface area contributed by atoms with E-state index in [1.54, 1.807) is 6.92 Å². The van der Waals surface area contributed by atoms with E-state index in [1.165, 1.54) is 81.5 Å². The highest BCUT2D eigenvalue weighted by molar-refractivity contribution is 5.94. The molecule has 0 saturated heterocycles. The number of anilines is 1. The van der Waals surface area contributed by atoms with Gasteiger partial charge in [-0.2, -0.15) is 0 Å². The molecule has 0 unspecified atom stereocenters. The first kappa shape index (κ1) is 38.3. The maximum Gasteiger partial charge on any atom is 0.342 e. The number of aromatic nitrogens is 1. The Morgan fingerprint density at radius 3 is 2.08 bits per heavy atom. The second kappa shape index (κ2) is 19.6. The summed E-state index contributed by atoms with van der Waals surface area (Å²) in [4.78, 5) is 14.7. The molecule has 1 aromatic heterocycles. The van der Waals surface area contributed by atoms with Crippen LogP contribution in [0.15, 0.2) is 42.7 Å². The Balaban J connectivity index is 0.00000541. The van der Waals surface area contributed by atoms with E-state index < -0.39 is 5.97 Å². The molecule has 3 heterocycles. The van der Waals surface area contributed by atoms with Crippen LogP contribution in [-0.4, -0.2) is 41.0 Å². The highest BCUT2D eigenvalue weighted by atomic mass is 79.9. The molecule has 0 aliphatic carbocycles. The number of benzene rings is 2. The van der Waals surface area contributed by atoms with Gasteiger partial charge in [-0.15, -0.1) is 0 Å². The molecule has 0 radical (unpaired) electrons. The van der Waals surface area contributed by atoms with Crippen molar-refractivity contribution in [2.75, 3.05) is 24.6 Å². The molecule has 0 amide bonds. The number of carbonyl (C=O) groups is 1. The van der Waals surface area contributed by atoms with Crippen molar-refractivity contribution in [3.8, 4) is 17.2 Å². The lowest BCUT2D eigenvalue weighted by atomic mass is 9.89. The normalized spacial score (nSPS) is 13.7. The molecule has 0 bridgehead atoms.